The monoisotopic (exact) mass is 216 g/mol. The second-order valence-electron chi connectivity index (χ2n) is 4.39. The molecular formula is C13H16N2O. The molecule has 0 radical (unpaired) electrons. The first-order valence-corrected chi connectivity index (χ1v) is 5.61. The van der Waals surface area contributed by atoms with Crippen molar-refractivity contribution in [1.29, 1.82) is 0 Å². The Bertz CT molecular complexity index is 384. The molecule has 1 heterocycles. The quantitative estimate of drug-likeness (QED) is 0.572. The topological polar surface area (TPSA) is 32.7 Å². The largest absolute Gasteiger partial charge is 0.306 e. The lowest BCUT2D eigenvalue weighted by molar-refractivity contribution is 0.372. The number of nitrogens with zero attached hydrogens (tertiary/aromatic N) is 2. The lowest BCUT2D eigenvalue weighted by Crippen LogP contribution is -2.17. The normalized spacial score (nSPS) is 22.7. The minimum Gasteiger partial charge on any atom is -0.306 e. The van der Waals surface area contributed by atoms with Crippen LogP contribution in [0.4, 0.5) is 0 Å². The fraction of sp³-hybridized carbons (Fsp3) is 0.462. The summed E-state index contributed by atoms with van der Waals surface area (Å²) in [4.78, 5) is 16.8. The molecule has 3 heteroatoms. The summed E-state index contributed by atoms with van der Waals surface area (Å²) in [5.74, 6) is 0.439. The van der Waals surface area contributed by atoms with Gasteiger partial charge in [0.25, 0.3) is 0 Å². The Labute approximate surface area is 95.8 Å². The van der Waals surface area contributed by atoms with Crippen molar-refractivity contribution >= 4 is 6.08 Å². The van der Waals surface area contributed by atoms with Crippen LogP contribution in [-0.2, 0) is 4.79 Å². The highest BCUT2D eigenvalue weighted by Gasteiger charge is 2.28. The molecule has 1 aromatic carbocycles. The van der Waals surface area contributed by atoms with Gasteiger partial charge in [-0.15, -0.1) is 0 Å². The smallest absolute Gasteiger partial charge is 0.235 e. The summed E-state index contributed by atoms with van der Waals surface area (Å²) in [5, 5.41) is 0. The molecule has 1 aliphatic heterocycles. The van der Waals surface area contributed by atoms with E-state index in [-0.39, 0.29) is 6.04 Å². The number of isocyanates is 1. The summed E-state index contributed by atoms with van der Waals surface area (Å²) >= 11 is 0. The number of hydrogen-bond acceptors (Lipinski definition) is 3. The van der Waals surface area contributed by atoms with Gasteiger partial charge in [0, 0.05) is 12.5 Å². The Morgan fingerprint density at radius 2 is 2.19 bits per heavy atom. The third kappa shape index (κ3) is 2.38. The number of rotatable bonds is 3. The van der Waals surface area contributed by atoms with E-state index in [9.17, 15) is 4.79 Å². The molecule has 2 rings (SSSR count). The van der Waals surface area contributed by atoms with Gasteiger partial charge in [-0.2, -0.15) is 4.99 Å². The number of benzene rings is 1. The summed E-state index contributed by atoms with van der Waals surface area (Å²) in [6, 6.07) is 9.99. The second kappa shape index (κ2) is 5.06. The fourth-order valence-electron chi connectivity index (χ4n) is 2.39. The summed E-state index contributed by atoms with van der Waals surface area (Å²) < 4.78 is 0. The summed E-state index contributed by atoms with van der Waals surface area (Å²) in [6.07, 6.45) is 2.81. The zero-order valence-corrected chi connectivity index (χ0v) is 9.47. The average molecular weight is 216 g/mol. The van der Waals surface area contributed by atoms with Gasteiger partial charge in [-0.05, 0) is 25.6 Å². The Kier molecular flexibility index (Phi) is 3.50. The SMILES string of the molecule is CN1CCC(C(N=C=O)c2ccccc2)C1. The maximum absolute atomic E-state index is 10.5. The van der Waals surface area contributed by atoms with Gasteiger partial charge >= 0.3 is 0 Å². The van der Waals surface area contributed by atoms with E-state index >= 15 is 0 Å². The highest BCUT2D eigenvalue weighted by Crippen LogP contribution is 2.32. The highest BCUT2D eigenvalue weighted by atomic mass is 16.1. The summed E-state index contributed by atoms with van der Waals surface area (Å²) in [7, 11) is 2.10. The van der Waals surface area contributed by atoms with Gasteiger partial charge in [0.1, 0.15) is 0 Å². The van der Waals surface area contributed by atoms with Crippen LogP contribution in [0.25, 0.3) is 0 Å². The number of carbonyl (C=O) groups excluding carboxylic acids is 1. The summed E-state index contributed by atoms with van der Waals surface area (Å²) in [6.45, 7) is 2.09. The van der Waals surface area contributed by atoms with Crippen LogP contribution in [0.15, 0.2) is 35.3 Å². The number of likely N-dealkylation sites (tertiary alicyclic amines) is 1. The molecule has 16 heavy (non-hydrogen) atoms. The van der Waals surface area contributed by atoms with Crippen molar-refractivity contribution in [2.24, 2.45) is 10.9 Å². The van der Waals surface area contributed by atoms with Crippen molar-refractivity contribution in [3.05, 3.63) is 35.9 Å². The van der Waals surface area contributed by atoms with Crippen molar-refractivity contribution in [3.63, 3.8) is 0 Å². The van der Waals surface area contributed by atoms with Crippen molar-refractivity contribution in [2.75, 3.05) is 20.1 Å². The van der Waals surface area contributed by atoms with E-state index in [1.807, 2.05) is 30.3 Å². The van der Waals surface area contributed by atoms with Crippen LogP contribution in [-0.4, -0.2) is 31.1 Å². The molecule has 0 bridgehead atoms. The summed E-state index contributed by atoms with van der Waals surface area (Å²) in [5.41, 5.74) is 1.12. The van der Waals surface area contributed by atoms with E-state index in [1.54, 1.807) is 6.08 Å². The third-order valence-electron chi connectivity index (χ3n) is 3.21. The lowest BCUT2D eigenvalue weighted by Gasteiger charge is -2.18. The van der Waals surface area contributed by atoms with Crippen molar-refractivity contribution in [1.82, 2.24) is 4.90 Å². The van der Waals surface area contributed by atoms with Gasteiger partial charge in [-0.1, -0.05) is 30.3 Å². The van der Waals surface area contributed by atoms with E-state index in [1.165, 1.54) is 0 Å². The molecular weight excluding hydrogens is 200 g/mol. The molecule has 0 N–H and O–H groups in total. The van der Waals surface area contributed by atoms with Crippen LogP contribution >= 0.6 is 0 Å². The molecule has 1 aliphatic rings. The van der Waals surface area contributed by atoms with Crippen molar-refractivity contribution in [3.8, 4) is 0 Å². The molecule has 0 spiro atoms. The van der Waals surface area contributed by atoms with Crippen LogP contribution in [0.5, 0.6) is 0 Å². The molecule has 1 fully saturated rings. The van der Waals surface area contributed by atoms with Crippen LogP contribution in [0.3, 0.4) is 0 Å². The number of aliphatic imine (C=N–C) groups is 1. The van der Waals surface area contributed by atoms with Gasteiger partial charge < -0.3 is 4.90 Å². The molecule has 0 saturated carbocycles. The average Bonchev–Trinajstić information content (AvgIpc) is 2.74. The molecule has 3 nitrogen and oxygen atoms in total. The predicted octanol–water partition coefficient (Wildman–Crippen LogP) is 2.02. The van der Waals surface area contributed by atoms with E-state index in [4.69, 9.17) is 0 Å². The second-order valence-corrected chi connectivity index (χ2v) is 4.39. The first kappa shape index (κ1) is 11.1. The van der Waals surface area contributed by atoms with Gasteiger partial charge in [-0.3, -0.25) is 0 Å². The Morgan fingerprint density at radius 3 is 2.75 bits per heavy atom. The Morgan fingerprint density at radius 1 is 1.44 bits per heavy atom. The molecule has 2 unspecified atom stereocenters. The van der Waals surface area contributed by atoms with E-state index in [2.05, 4.69) is 16.9 Å². The van der Waals surface area contributed by atoms with Gasteiger partial charge in [0.2, 0.25) is 6.08 Å². The third-order valence-corrected chi connectivity index (χ3v) is 3.21. The molecule has 1 saturated heterocycles. The van der Waals surface area contributed by atoms with Gasteiger partial charge in [0.15, 0.2) is 0 Å². The first-order valence-electron chi connectivity index (χ1n) is 5.61. The Balaban J connectivity index is 2.21. The van der Waals surface area contributed by atoms with Crippen LogP contribution < -0.4 is 0 Å². The minimum absolute atomic E-state index is 0.0244. The molecule has 0 aliphatic carbocycles. The van der Waals surface area contributed by atoms with Crippen molar-refractivity contribution in [2.45, 2.75) is 12.5 Å². The standard InChI is InChI=1S/C13H16N2O/c1-15-8-7-12(9-15)13(14-10-16)11-5-3-2-4-6-11/h2-6,12-13H,7-9H2,1H3. The highest BCUT2D eigenvalue weighted by molar-refractivity contribution is 5.36. The first-order chi connectivity index (χ1) is 7.81. The lowest BCUT2D eigenvalue weighted by atomic mass is 9.93. The molecule has 2 atom stereocenters. The predicted molar refractivity (Wildman–Crippen MR) is 62.9 cm³/mol. The van der Waals surface area contributed by atoms with Crippen LogP contribution in [0.2, 0.25) is 0 Å². The van der Waals surface area contributed by atoms with E-state index in [0.29, 0.717) is 5.92 Å². The van der Waals surface area contributed by atoms with E-state index < -0.39 is 0 Å². The van der Waals surface area contributed by atoms with Gasteiger partial charge in [-0.25, -0.2) is 4.79 Å². The van der Waals surface area contributed by atoms with Crippen molar-refractivity contribution < 1.29 is 4.79 Å². The maximum atomic E-state index is 10.5. The molecule has 1 aromatic rings. The van der Waals surface area contributed by atoms with Crippen LogP contribution in [0.1, 0.15) is 18.0 Å². The fourth-order valence-corrected chi connectivity index (χ4v) is 2.39. The molecule has 0 aromatic heterocycles. The van der Waals surface area contributed by atoms with E-state index in [0.717, 1.165) is 25.1 Å². The molecule has 84 valence electrons. The number of hydrogen-bond donors (Lipinski definition) is 0. The van der Waals surface area contributed by atoms with Crippen LogP contribution in [0, 0.1) is 5.92 Å². The minimum atomic E-state index is -0.0244. The zero-order valence-electron chi connectivity index (χ0n) is 9.47. The maximum Gasteiger partial charge on any atom is 0.235 e. The Hall–Kier alpha value is -1.44. The van der Waals surface area contributed by atoms with Gasteiger partial charge in [0.05, 0.1) is 6.04 Å². The zero-order chi connectivity index (χ0) is 11.4. The molecule has 0 amide bonds.